The van der Waals surface area contributed by atoms with Crippen LogP contribution in [0.1, 0.15) is 50.4 Å². The highest BCUT2D eigenvalue weighted by Gasteiger charge is 2.24. The van der Waals surface area contributed by atoms with Crippen LogP contribution in [0.25, 0.3) is 0 Å². The minimum atomic E-state index is -3.60. The molecule has 1 aromatic carbocycles. The third-order valence-electron chi connectivity index (χ3n) is 5.13. The molecule has 27 heavy (non-hydrogen) atoms. The highest BCUT2D eigenvalue weighted by atomic mass is 32.2. The summed E-state index contributed by atoms with van der Waals surface area (Å²) in [6.45, 7) is 9.61. The van der Waals surface area contributed by atoms with Gasteiger partial charge in [0.1, 0.15) is 0 Å². The van der Waals surface area contributed by atoms with Crippen molar-refractivity contribution in [3.8, 4) is 0 Å². The van der Waals surface area contributed by atoms with Crippen molar-refractivity contribution in [1.29, 1.82) is 0 Å². The maximum absolute atomic E-state index is 12.6. The maximum Gasteiger partial charge on any atom is 0.251 e. The largest absolute Gasteiger partial charge is 0.352 e. The van der Waals surface area contributed by atoms with Crippen LogP contribution in [0, 0.1) is 5.92 Å². The summed E-state index contributed by atoms with van der Waals surface area (Å²) in [7, 11) is -2.05. The molecule has 1 aliphatic heterocycles. The topological polar surface area (TPSA) is 69.7 Å². The molecule has 0 radical (unpaired) electrons. The van der Waals surface area contributed by atoms with Gasteiger partial charge < -0.3 is 10.2 Å². The number of carbonyl (C=O) groups excluding carboxylic acids is 1. The second kappa shape index (κ2) is 9.66. The summed E-state index contributed by atoms with van der Waals surface area (Å²) in [6, 6.07) is 6.11. The molecule has 0 saturated carbocycles. The van der Waals surface area contributed by atoms with Gasteiger partial charge in [-0.2, -0.15) is 4.31 Å². The van der Waals surface area contributed by atoms with Crippen molar-refractivity contribution in [2.75, 3.05) is 33.2 Å². The molecule has 7 heteroatoms. The van der Waals surface area contributed by atoms with Gasteiger partial charge in [0.15, 0.2) is 0 Å². The summed E-state index contributed by atoms with van der Waals surface area (Å²) in [5.41, 5.74) is 0.374. The first-order valence-electron chi connectivity index (χ1n) is 9.80. The molecule has 1 amide bonds. The van der Waals surface area contributed by atoms with Crippen LogP contribution in [-0.4, -0.2) is 62.8 Å². The average molecular weight is 396 g/mol. The normalized spacial score (nSPS) is 17.3. The van der Waals surface area contributed by atoms with Crippen LogP contribution in [0.3, 0.4) is 0 Å². The lowest BCUT2D eigenvalue weighted by Gasteiger charge is -2.29. The van der Waals surface area contributed by atoms with E-state index in [1.807, 2.05) is 13.8 Å². The van der Waals surface area contributed by atoms with Gasteiger partial charge in [0.25, 0.3) is 5.91 Å². The molecule has 6 nitrogen and oxygen atoms in total. The van der Waals surface area contributed by atoms with Gasteiger partial charge in [0.2, 0.25) is 10.0 Å². The number of nitrogens with one attached hydrogen (secondary N) is 1. The number of nitrogens with zero attached hydrogens (tertiary/aromatic N) is 2. The fourth-order valence-corrected chi connectivity index (χ4v) is 4.67. The number of sulfonamides is 1. The molecule has 1 aromatic rings. The number of piperidine rings is 1. The monoisotopic (exact) mass is 395 g/mol. The highest BCUT2D eigenvalue weighted by molar-refractivity contribution is 7.89. The van der Waals surface area contributed by atoms with E-state index >= 15 is 0 Å². The zero-order valence-corrected chi connectivity index (χ0v) is 17.8. The molecule has 1 heterocycles. The van der Waals surface area contributed by atoms with Gasteiger partial charge in [-0.05, 0) is 63.9 Å². The van der Waals surface area contributed by atoms with Crippen LogP contribution in [0.4, 0.5) is 0 Å². The Morgan fingerprint density at radius 1 is 1.19 bits per heavy atom. The Kier molecular flexibility index (Phi) is 7.82. The van der Waals surface area contributed by atoms with Gasteiger partial charge in [0, 0.05) is 31.7 Å². The molecule has 1 N–H and O–H groups in total. The quantitative estimate of drug-likeness (QED) is 0.734. The van der Waals surface area contributed by atoms with E-state index in [1.54, 1.807) is 19.2 Å². The third-order valence-corrected chi connectivity index (χ3v) is 7.16. The number of hydrogen-bond donors (Lipinski definition) is 1. The molecule has 1 aliphatic rings. The van der Waals surface area contributed by atoms with Crippen LogP contribution in [-0.2, 0) is 10.0 Å². The molecular formula is C20H33N3O3S. The third kappa shape index (κ3) is 6.02. The van der Waals surface area contributed by atoms with Gasteiger partial charge in [0.05, 0.1) is 4.90 Å². The van der Waals surface area contributed by atoms with E-state index in [-0.39, 0.29) is 16.8 Å². The second-order valence-electron chi connectivity index (χ2n) is 7.82. The van der Waals surface area contributed by atoms with Crippen LogP contribution in [0.15, 0.2) is 29.2 Å². The SMILES string of the molecule is CC(CNC(=O)c1cccc(S(=O)(=O)N(C)C(C)C)c1)CN1CCCCC1. The number of carbonyl (C=O) groups is 1. The summed E-state index contributed by atoms with van der Waals surface area (Å²) in [4.78, 5) is 15.1. The first kappa shape index (κ1) is 21.9. The van der Waals surface area contributed by atoms with Crippen molar-refractivity contribution in [2.45, 2.75) is 51.0 Å². The van der Waals surface area contributed by atoms with Crippen molar-refractivity contribution in [3.63, 3.8) is 0 Å². The second-order valence-corrected chi connectivity index (χ2v) is 9.82. The highest BCUT2D eigenvalue weighted by Crippen LogP contribution is 2.18. The molecule has 0 aromatic heterocycles. The smallest absolute Gasteiger partial charge is 0.251 e. The molecular weight excluding hydrogens is 362 g/mol. The summed E-state index contributed by atoms with van der Waals surface area (Å²) in [5.74, 6) is 0.121. The number of amides is 1. The first-order valence-corrected chi connectivity index (χ1v) is 11.2. The predicted octanol–water partition coefficient (Wildman–Crippen LogP) is 2.57. The Bertz CT molecular complexity index is 728. The van der Waals surface area contributed by atoms with Gasteiger partial charge in [-0.3, -0.25) is 4.79 Å². The van der Waals surface area contributed by atoms with Crippen molar-refractivity contribution < 1.29 is 13.2 Å². The minimum absolute atomic E-state index is 0.146. The van der Waals surface area contributed by atoms with Gasteiger partial charge >= 0.3 is 0 Å². The number of hydrogen-bond acceptors (Lipinski definition) is 4. The van der Waals surface area contributed by atoms with E-state index in [9.17, 15) is 13.2 Å². The fourth-order valence-electron chi connectivity index (χ4n) is 3.26. The van der Waals surface area contributed by atoms with E-state index in [0.717, 1.165) is 19.6 Å². The van der Waals surface area contributed by atoms with Crippen LogP contribution >= 0.6 is 0 Å². The Morgan fingerprint density at radius 2 is 1.85 bits per heavy atom. The lowest BCUT2D eigenvalue weighted by molar-refractivity contribution is 0.0942. The summed E-state index contributed by atoms with van der Waals surface area (Å²) >= 11 is 0. The van der Waals surface area contributed by atoms with E-state index < -0.39 is 10.0 Å². The van der Waals surface area contributed by atoms with Gasteiger partial charge in [-0.15, -0.1) is 0 Å². The zero-order chi connectivity index (χ0) is 20.0. The summed E-state index contributed by atoms with van der Waals surface area (Å²) in [5, 5.41) is 2.94. The molecule has 0 bridgehead atoms. The van der Waals surface area contributed by atoms with Gasteiger partial charge in [-0.25, -0.2) is 8.42 Å². The zero-order valence-electron chi connectivity index (χ0n) is 16.9. The number of benzene rings is 1. The van der Waals surface area contributed by atoms with Crippen LogP contribution in [0.5, 0.6) is 0 Å². The van der Waals surface area contributed by atoms with E-state index in [4.69, 9.17) is 0 Å². The van der Waals surface area contributed by atoms with Crippen molar-refractivity contribution in [2.24, 2.45) is 5.92 Å². The molecule has 152 valence electrons. The molecule has 0 spiro atoms. The lowest BCUT2D eigenvalue weighted by atomic mass is 10.1. The van der Waals surface area contributed by atoms with E-state index in [1.165, 1.54) is 35.7 Å². The number of likely N-dealkylation sites (tertiary alicyclic amines) is 1. The molecule has 1 unspecified atom stereocenters. The Hall–Kier alpha value is -1.44. The van der Waals surface area contributed by atoms with E-state index in [0.29, 0.717) is 18.0 Å². The molecule has 1 saturated heterocycles. The fraction of sp³-hybridized carbons (Fsp3) is 0.650. The standard InChI is InChI=1S/C20H33N3O3S/c1-16(2)22(4)27(25,26)19-10-8-9-18(13-19)20(24)21-14-17(3)15-23-11-6-5-7-12-23/h8-10,13,16-17H,5-7,11-12,14-15H2,1-4H3,(H,21,24). The summed E-state index contributed by atoms with van der Waals surface area (Å²) < 4.78 is 26.6. The molecule has 2 rings (SSSR count). The maximum atomic E-state index is 12.6. The molecule has 0 aliphatic carbocycles. The summed E-state index contributed by atoms with van der Waals surface area (Å²) in [6.07, 6.45) is 3.82. The van der Waals surface area contributed by atoms with Crippen LogP contribution in [0.2, 0.25) is 0 Å². The molecule has 1 atom stereocenters. The van der Waals surface area contributed by atoms with Crippen molar-refractivity contribution in [1.82, 2.24) is 14.5 Å². The average Bonchev–Trinajstić information content (AvgIpc) is 2.66. The van der Waals surface area contributed by atoms with Crippen LogP contribution < -0.4 is 5.32 Å². The first-order chi connectivity index (χ1) is 12.7. The predicted molar refractivity (Wildman–Crippen MR) is 108 cm³/mol. The minimum Gasteiger partial charge on any atom is -0.352 e. The van der Waals surface area contributed by atoms with E-state index in [2.05, 4.69) is 17.1 Å². The number of rotatable bonds is 8. The van der Waals surface area contributed by atoms with Crippen molar-refractivity contribution >= 4 is 15.9 Å². The Morgan fingerprint density at radius 3 is 2.48 bits per heavy atom. The van der Waals surface area contributed by atoms with Crippen molar-refractivity contribution in [3.05, 3.63) is 29.8 Å². The lowest BCUT2D eigenvalue weighted by Crippen LogP contribution is -2.38. The molecule has 1 fully saturated rings. The van der Waals surface area contributed by atoms with Gasteiger partial charge in [-0.1, -0.05) is 19.4 Å². The Labute approximate surface area is 164 Å². The Balaban J connectivity index is 1.96.